The first kappa shape index (κ1) is 25.2. The predicted molar refractivity (Wildman–Crippen MR) is 142 cm³/mol. The van der Waals surface area contributed by atoms with Crippen LogP contribution in [0.15, 0.2) is 60.3 Å². The minimum absolute atomic E-state index is 0.117. The maximum absolute atomic E-state index is 12.7. The topological polar surface area (TPSA) is 102 Å². The Labute approximate surface area is 219 Å². The van der Waals surface area contributed by atoms with E-state index in [0.717, 1.165) is 10.2 Å². The van der Waals surface area contributed by atoms with Crippen LogP contribution in [0.4, 0.5) is 5.13 Å². The summed E-state index contributed by atoms with van der Waals surface area (Å²) in [7, 11) is 0. The number of hydrogen-bond donors (Lipinski definition) is 2. The van der Waals surface area contributed by atoms with E-state index in [1.165, 1.54) is 29.2 Å². The molecule has 0 fully saturated rings. The van der Waals surface area contributed by atoms with Gasteiger partial charge in [-0.3, -0.25) is 9.59 Å². The number of benzene rings is 2. The van der Waals surface area contributed by atoms with Gasteiger partial charge in [0, 0.05) is 11.6 Å². The minimum Gasteiger partial charge on any atom is -0.342 e. The van der Waals surface area contributed by atoms with Crippen molar-refractivity contribution in [3.8, 4) is 0 Å². The van der Waals surface area contributed by atoms with Crippen molar-refractivity contribution in [1.82, 2.24) is 25.1 Å². The molecule has 0 radical (unpaired) electrons. The number of thiazole rings is 1. The van der Waals surface area contributed by atoms with Crippen LogP contribution >= 0.6 is 46.3 Å². The Balaban J connectivity index is 1.42. The maximum atomic E-state index is 12.7. The minimum atomic E-state index is -0.479. The Morgan fingerprint density at radius 3 is 2.77 bits per heavy atom. The maximum Gasteiger partial charge on any atom is 0.253 e. The molecule has 4 aromatic rings. The standard InChI is InChI=1S/C23H20Cl2N6O2S2/c1-3-10-31-20(13(2)26-21(33)15-9-8-14(24)11-16(15)25)29-30-23(31)34-12-19(32)28-22-27-17-6-4-5-7-18(17)35-22/h3-9,11,13H,1,10,12H2,2H3,(H,26,33)(H,27,28,32)/t13-/m1/s1. The molecule has 2 aromatic heterocycles. The van der Waals surface area contributed by atoms with Crippen LogP contribution in [0.25, 0.3) is 10.2 Å². The van der Waals surface area contributed by atoms with Gasteiger partial charge in [0.2, 0.25) is 5.91 Å². The lowest BCUT2D eigenvalue weighted by Gasteiger charge is -2.15. The predicted octanol–water partition coefficient (Wildman–Crippen LogP) is 5.60. The third-order valence-electron chi connectivity index (χ3n) is 4.84. The van der Waals surface area contributed by atoms with Crippen LogP contribution in [0, 0.1) is 0 Å². The third kappa shape index (κ3) is 6.02. The molecule has 0 bridgehead atoms. The van der Waals surface area contributed by atoms with Gasteiger partial charge >= 0.3 is 0 Å². The van der Waals surface area contributed by atoms with Crippen molar-refractivity contribution in [2.75, 3.05) is 11.1 Å². The van der Waals surface area contributed by atoms with E-state index in [-0.39, 0.29) is 22.6 Å². The lowest BCUT2D eigenvalue weighted by Crippen LogP contribution is -2.29. The van der Waals surface area contributed by atoms with Crippen molar-refractivity contribution < 1.29 is 9.59 Å². The zero-order chi connectivity index (χ0) is 24.9. The van der Waals surface area contributed by atoms with E-state index in [1.807, 2.05) is 24.3 Å². The van der Waals surface area contributed by atoms with E-state index in [9.17, 15) is 9.59 Å². The average Bonchev–Trinajstić information content (AvgIpc) is 3.41. The average molecular weight is 547 g/mol. The van der Waals surface area contributed by atoms with Crippen molar-refractivity contribution in [2.45, 2.75) is 24.7 Å². The molecule has 0 aliphatic carbocycles. The summed E-state index contributed by atoms with van der Waals surface area (Å²) in [6.07, 6.45) is 1.70. The number of rotatable bonds is 9. The molecule has 0 aliphatic heterocycles. The number of para-hydroxylation sites is 1. The Morgan fingerprint density at radius 1 is 1.23 bits per heavy atom. The van der Waals surface area contributed by atoms with Gasteiger partial charge in [0.1, 0.15) is 0 Å². The molecule has 1 atom stereocenters. The van der Waals surface area contributed by atoms with Gasteiger partial charge in [-0.1, -0.05) is 64.5 Å². The van der Waals surface area contributed by atoms with Gasteiger partial charge in [0.15, 0.2) is 16.1 Å². The van der Waals surface area contributed by atoms with Gasteiger partial charge in [-0.15, -0.1) is 16.8 Å². The van der Waals surface area contributed by atoms with Crippen molar-refractivity contribution in [2.24, 2.45) is 0 Å². The second kappa shape index (κ2) is 11.2. The van der Waals surface area contributed by atoms with Crippen molar-refractivity contribution in [3.05, 3.63) is 76.6 Å². The number of anilines is 1. The van der Waals surface area contributed by atoms with Gasteiger partial charge in [0.25, 0.3) is 5.91 Å². The second-order valence-electron chi connectivity index (χ2n) is 7.38. The largest absolute Gasteiger partial charge is 0.342 e. The zero-order valence-electron chi connectivity index (χ0n) is 18.5. The summed E-state index contributed by atoms with van der Waals surface area (Å²) in [6, 6.07) is 11.9. The molecular formula is C23H20Cl2N6O2S2. The Morgan fingerprint density at radius 2 is 2.03 bits per heavy atom. The monoisotopic (exact) mass is 546 g/mol. The highest BCUT2D eigenvalue weighted by atomic mass is 35.5. The van der Waals surface area contributed by atoms with Gasteiger partial charge in [-0.05, 0) is 37.3 Å². The second-order valence-corrected chi connectivity index (χ2v) is 10.2. The molecule has 4 rings (SSSR count). The highest BCUT2D eigenvalue weighted by Crippen LogP contribution is 2.27. The number of nitrogens with one attached hydrogen (secondary N) is 2. The molecule has 2 amide bonds. The number of allylic oxidation sites excluding steroid dienone is 1. The summed E-state index contributed by atoms with van der Waals surface area (Å²) in [5.74, 6) is 0.0726. The fourth-order valence-electron chi connectivity index (χ4n) is 3.25. The molecule has 180 valence electrons. The molecule has 0 spiro atoms. The molecule has 2 heterocycles. The number of thioether (sulfide) groups is 1. The van der Waals surface area contributed by atoms with Gasteiger partial charge in [0.05, 0.1) is 32.6 Å². The highest BCUT2D eigenvalue weighted by Gasteiger charge is 2.21. The molecular weight excluding hydrogens is 527 g/mol. The molecule has 2 aromatic carbocycles. The third-order valence-corrected chi connectivity index (χ3v) is 7.31. The number of carbonyl (C=O) groups is 2. The number of nitrogens with zero attached hydrogens (tertiary/aromatic N) is 4. The van der Waals surface area contributed by atoms with Gasteiger partial charge in [-0.25, -0.2) is 4.98 Å². The van der Waals surface area contributed by atoms with Crippen molar-refractivity contribution in [1.29, 1.82) is 0 Å². The van der Waals surface area contributed by atoms with E-state index in [0.29, 0.717) is 33.2 Å². The summed E-state index contributed by atoms with van der Waals surface area (Å²) in [6.45, 7) is 5.99. The van der Waals surface area contributed by atoms with E-state index < -0.39 is 6.04 Å². The molecule has 12 heteroatoms. The lowest BCUT2D eigenvalue weighted by atomic mass is 10.2. The SMILES string of the molecule is C=CCn1c(SCC(=O)Nc2nc3ccccc3s2)nnc1[C@@H](C)NC(=O)c1ccc(Cl)cc1Cl. The summed E-state index contributed by atoms with van der Waals surface area (Å²) < 4.78 is 2.80. The number of hydrogen-bond acceptors (Lipinski definition) is 7. The number of fused-ring (bicyclic) bond motifs is 1. The molecule has 2 N–H and O–H groups in total. The van der Waals surface area contributed by atoms with Gasteiger partial charge < -0.3 is 15.2 Å². The van der Waals surface area contributed by atoms with E-state index in [2.05, 4.69) is 32.4 Å². The number of aromatic nitrogens is 4. The lowest BCUT2D eigenvalue weighted by molar-refractivity contribution is -0.113. The number of amides is 2. The van der Waals surface area contributed by atoms with E-state index in [1.54, 1.807) is 29.7 Å². The fourth-order valence-corrected chi connectivity index (χ4v) is 5.38. The number of halogens is 2. The van der Waals surface area contributed by atoms with E-state index >= 15 is 0 Å². The smallest absolute Gasteiger partial charge is 0.253 e. The Bertz CT molecular complexity index is 1370. The normalized spacial score (nSPS) is 11.9. The summed E-state index contributed by atoms with van der Waals surface area (Å²) in [5.41, 5.74) is 1.14. The highest BCUT2D eigenvalue weighted by molar-refractivity contribution is 7.99. The first-order chi connectivity index (χ1) is 16.9. The fraction of sp³-hybridized carbons (Fsp3) is 0.174. The summed E-state index contributed by atoms with van der Waals surface area (Å²) >= 11 is 14.7. The van der Waals surface area contributed by atoms with Crippen LogP contribution in [-0.2, 0) is 11.3 Å². The molecule has 0 aliphatic rings. The van der Waals surface area contributed by atoms with Crippen molar-refractivity contribution >= 4 is 73.5 Å². The van der Waals surface area contributed by atoms with Crippen molar-refractivity contribution in [3.63, 3.8) is 0 Å². The Kier molecular flexibility index (Phi) is 8.07. The van der Waals surface area contributed by atoms with Gasteiger partial charge in [-0.2, -0.15) is 0 Å². The summed E-state index contributed by atoms with van der Waals surface area (Å²) in [4.78, 5) is 29.6. The van der Waals surface area contributed by atoms with Crippen LogP contribution in [0.5, 0.6) is 0 Å². The molecule has 0 unspecified atom stereocenters. The molecule has 8 nitrogen and oxygen atoms in total. The number of carbonyl (C=O) groups excluding carboxylic acids is 2. The quantitative estimate of drug-likeness (QED) is 0.209. The first-order valence-corrected chi connectivity index (χ1v) is 13.0. The molecule has 35 heavy (non-hydrogen) atoms. The van der Waals surface area contributed by atoms with E-state index in [4.69, 9.17) is 23.2 Å². The summed E-state index contributed by atoms with van der Waals surface area (Å²) in [5, 5.41) is 15.9. The molecule has 0 saturated carbocycles. The van der Waals surface area contributed by atoms with Crippen LogP contribution < -0.4 is 10.6 Å². The van der Waals surface area contributed by atoms with Crippen LogP contribution in [0.3, 0.4) is 0 Å². The Hall–Kier alpha value is -2.92. The van der Waals surface area contributed by atoms with Crippen LogP contribution in [0.1, 0.15) is 29.1 Å². The first-order valence-electron chi connectivity index (χ1n) is 10.4. The van der Waals surface area contributed by atoms with Crippen LogP contribution in [-0.4, -0.2) is 37.3 Å². The zero-order valence-corrected chi connectivity index (χ0v) is 21.6. The van der Waals surface area contributed by atoms with Crippen LogP contribution in [0.2, 0.25) is 10.0 Å². The molecule has 0 saturated heterocycles.